The molecule has 1 aromatic carbocycles. The lowest BCUT2D eigenvalue weighted by Gasteiger charge is -2.35. The molecule has 1 aliphatic heterocycles. The zero-order valence-corrected chi connectivity index (χ0v) is 14.1. The number of nitrogens with zero attached hydrogens (tertiary/aromatic N) is 1. The fraction of sp³-hybridized carbons (Fsp3) is 0.611. The zero-order chi connectivity index (χ0) is 16.3. The van der Waals surface area contributed by atoms with E-state index in [0.29, 0.717) is 18.9 Å². The molecule has 2 rings (SSSR count). The van der Waals surface area contributed by atoms with Crippen molar-refractivity contribution in [3.05, 3.63) is 23.8 Å². The van der Waals surface area contributed by atoms with Gasteiger partial charge in [0.05, 0.1) is 5.69 Å². The van der Waals surface area contributed by atoms with Crippen LogP contribution in [0, 0.1) is 5.92 Å². The first-order valence-corrected chi connectivity index (χ1v) is 8.35. The molecule has 2 atom stereocenters. The van der Waals surface area contributed by atoms with Crippen LogP contribution in [0.15, 0.2) is 18.2 Å². The van der Waals surface area contributed by atoms with Gasteiger partial charge in [0, 0.05) is 12.6 Å². The molecule has 0 spiro atoms. The van der Waals surface area contributed by atoms with Crippen LogP contribution < -0.4 is 15.4 Å². The van der Waals surface area contributed by atoms with E-state index in [1.807, 2.05) is 30.0 Å². The van der Waals surface area contributed by atoms with Crippen molar-refractivity contribution in [1.82, 2.24) is 0 Å². The molecule has 4 heteroatoms. The van der Waals surface area contributed by atoms with E-state index in [4.69, 9.17) is 10.5 Å². The number of rotatable bonds is 6. The molecule has 0 saturated heterocycles. The molecule has 0 bridgehead atoms. The van der Waals surface area contributed by atoms with Crippen molar-refractivity contribution in [1.29, 1.82) is 0 Å². The van der Waals surface area contributed by atoms with E-state index >= 15 is 0 Å². The molecule has 0 fully saturated rings. The van der Waals surface area contributed by atoms with Gasteiger partial charge in [-0.3, -0.25) is 4.79 Å². The summed E-state index contributed by atoms with van der Waals surface area (Å²) < 4.78 is 5.87. The first-order chi connectivity index (χ1) is 10.5. The van der Waals surface area contributed by atoms with Gasteiger partial charge in [-0.25, -0.2) is 0 Å². The fourth-order valence-corrected chi connectivity index (χ4v) is 2.86. The van der Waals surface area contributed by atoms with Crippen LogP contribution in [0.3, 0.4) is 0 Å². The Hall–Kier alpha value is -1.55. The first kappa shape index (κ1) is 16.8. The fourth-order valence-electron chi connectivity index (χ4n) is 2.86. The Morgan fingerprint density at radius 1 is 1.32 bits per heavy atom. The highest BCUT2D eigenvalue weighted by Crippen LogP contribution is 2.37. The highest BCUT2D eigenvalue weighted by Gasteiger charge is 2.33. The van der Waals surface area contributed by atoms with Crippen LogP contribution in [0.2, 0.25) is 0 Å². The summed E-state index contributed by atoms with van der Waals surface area (Å²) in [4.78, 5) is 14.5. The third-order valence-corrected chi connectivity index (χ3v) is 4.03. The summed E-state index contributed by atoms with van der Waals surface area (Å²) in [7, 11) is 0. The van der Waals surface area contributed by atoms with Crippen LogP contribution in [-0.2, 0) is 4.79 Å². The SMILES string of the molecule is CCCC(N)c1ccc2c(c1)N(CC(C)C)C(=O)C(CC)O2. The Morgan fingerprint density at radius 3 is 2.64 bits per heavy atom. The Morgan fingerprint density at radius 2 is 2.05 bits per heavy atom. The molecule has 0 aliphatic carbocycles. The average Bonchev–Trinajstić information content (AvgIpc) is 2.49. The largest absolute Gasteiger partial charge is 0.478 e. The normalized spacial score (nSPS) is 19.1. The van der Waals surface area contributed by atoms with Crippen LogP contribution in [-0.4, -0.2) is 18.6 Å². The Bertz CT molecular complexity index is 528. The summed E-state index contributed by atoms with van der Waals surface area (Å²) in [6, 6.07) is 6.02. The van der Waals surface area contributed by atoms with E-state index in [2.05, 4.69) is 20.8 Å². The van der Waals surface area contributed by atoms with Crippen LogP contribution in [0.1, 0.15) is 58.6 Å². The lowest BCUT2D eigenvalue weighted by Crippen LogP contribution is -2.47. The summed E-state index contributed by atoms with van der Waals surface area (Å²) in [5, 5.41) is 0. The van der Waals surface area contributed by atoms with E-state index in [-0.39, 0.29) is 18.1 Å². The summed E-state index contributed by atoms with van der Waals surface area (Å²) in [6.45, 7) is 9.05. The van der Waals surface area contributed by atoms with Gasteiger partial charge in [-0.1, -0.05) is 40.2 Å². The van der Waals surface area contributed by atoms with Gasteiger partial charge < -0.3 is 15.4 Å². The van der Waals surface area contributed by atoms with Crippen molar-refractivity contribution in [2.24, 2.45) is 11.7 Å². The van der Waals surface area contributed by atoms with Crippen LogP contribution in [0.25, 0.3) is 0 Å². The molecule has 0 saturated carbocycles. The van der Waals surface area contributed by atoms with Gasteiger partial charge in [0.25, 0.3) is 5.91 Å². The minimum atomic E-state index is -0.374. The number of amides is 1. The molecule has 1 aliphatic rings. The molecule has 0 radical (unpaired) electrons. The summed E-state index contributed by atoms with van der Waals surface area (Å²) in [5.41, 5.74) is 8.17. The maximum absolute atomic E-state index is 12.6. The predicted octanol–water partition coefficient (Wildman–Crippen LogP) is 3.65. The summed E-state index contributed by atoms with van der Waals surface area (Å²) in [5.74, 6) is 1.25. The molecule has 2 unspecified atom stereocenters. The van der Waals surface area contributed by atoms with Crippen LogP contribution in [0.4, 0.5) is 5.69 Å². The second-order valence-corrected chi connectivity index (χ2v) is 6.48. The van der Waals surface area contributed by atoms with E-state index in [1.54, 1.807) is 0 Å². The molecule has 22 heavy (non-hydrogen) atoms. The Kier molecular flexibility index (Phi) is 5.46. The third kappa shape index (κ3) is 3.43. The van der Waals surface area contributed by atoms with Gasteiger partial charge in [0.15, 0.2) is 6.10 Å². The lowest BCUT2D eigenvalue weighted by atomic mass is 10.0. The minimum Gasteiger partial charge on any atom is -0.478 e. The number of anilines is 1. The molecule has 0 aromatic heterocycles. The van der Waals surface area contributed by atoms with E-state index < -0.39 is 0 Å². The van der Waals surface area contributed by atoms with Crippen molar-refractivity contribution in [2.45, 2.75) is 59.1 Å². The number of fused-ring (bicyclic) bond motifs is 1. The van der Waals surface area contributed by atoms with Crippen molar-refractivity contribution >= 4 is 11.6 Å². The highest BCUT2D eigenvalue weighted by molar-refractivity contribution is 6.00. The summed E-state index contributed by atoms with van der Waals surface area (Å²) >= 11 is 0. The molecule has 4 nitrogen and oxygen atoms in total. The Balaban J connectivity index is 2.39. The van der Waals surface area contributed by atoms with E-state index in [1.165, 1.54) is 0 Å². The van der Waals surface area contributed by atoms with Crippen molar-refractivity contribution < 1.29 is 9.53 Å². The van der Waals surface area contributed by atoms with Gasteiger partial charge in [-0.05, 0) is 36.5 Å². The van der Waals surface area contributed by atoms with Crippen molar-refractivity contribution in [2.75, 3.05) is 11.4 Å². The van der Waals surface area contributed by atoms with Crippen molar-refractivity contribution in [3.63, 3.8) is 0 Å². The second-order valence-electron chi connectivity index (χ2n) is 6.48. The molecular weight excluding hydrogens is 276 g/mol. The predicted molar refractivity (Wildman–Crippen MR) is 90.2 cm³/mol. The molecule has 122 valence electrons. The van der Waals surface area contributed by atoms with E-state index in [0.717, 1.165) is 29.8 Å². The standard InChI is InChI=1S/C18H28N2O2/c1-5-7-14(19)13-8-9-17-15(10-13)20(11-12(3)4)18(21)16(6-2)22-17/h8-10,12,14,16H,5-7,11,19H2,1-4H3. The first-order valence-electron chi connectivity index (χ1n) is 8.35. The van der Waals surface area contributed by atoms with E-state index in [9.17, 15) is 4.79 Å². The number of carbonyl (C=O) groups excluding carboxylic acids is 1. The Labute approximate surface area is 133 Å². The van der Waals surface area contributed by atoms with Gasteiger partial charge >= 0.3 is 0 Å². The average molecular weight is 304 g/mol. The van der Waals surface area contributed by atoms with Gasteiger partial charge in [-0.15, -0.1) is 0 Å². The third-order valence-electron chi connectivity index (χ3n) is 4.03. The monoisotopic (exact) mass is 304 g/mol. The lowest BCUT2D eigenvalue weighted by molar-refractivity contribution is -0.126. The quantitative estimate of drug-likeness (QED) is 0.873. The number of carbonyl (C=O) groups is 1. The zero-order valence-electron chi connectivity index (χ0n) is 14.1. The minimum absolute atomic E-state index is 0.00945. The van der Waals surface area contributed by atoms with Crippen LogP contribution >= 0.6 is 0 Å². The maximum atomic E-state index is 12.6. The van der Waals surface area contributed by atoms with Gasteiger partial charge in [0.1, 0.15) is 5.75 Å². The highest BCUT2D eigenvalue weighted by atomic mass is 16.5. The molecular formula is C18H28N2O2. The number of hydrogen-bond donors (Lipinski definition) is 1. The smallest absolute Gasteiger partial charge is 0.268 e. The topological polar surface area (TPSA) is 55.6 Å². The van der Waals surface area contributed by atoms with Crippen molar-refractivity contribution in [3.8, 4) is 5.75 Å². The van der Waals surface area contributed by atoms with Crippen LogP contribution in [0.5, 0.6) is 5.75 Å². The number of hydrogen-bond acceptors (Lipinski definition) is 3. The number of benzene rings is 1. The number of nitrogens with two attached hydrogens (primary N) is 1. The molecule has 1 heterocycles. The molecule has 1 aromatic rings. The van der Waals surface area contributed by atoms with Gasteiger partial charge in [0.2, 0.25) is 0 Å². The maximum Gasteiger partial charge on any atom is 0.268 e. The molecule has 1 amide bonds. The summed E-state index contributed by atoms with van der Waals surface area (Å²) in [6.07, 6.45) is 2.29. The van der Waals surface area contributed by atoms with Gasteiger partial charge in [-0.2, -0.15) is 0 Å². The number of ether oxygens (including phenoxy) is 1. The second kappa shape index (κ2) is 7.14. The molecule has 2 N–H and O–H groups in total.